The average molecular weight is 228 g/mol. The number of fused-ring (bicyclic) bond motifs is 1. The molecule has 88 valence electrons. The molecule has 0 aliphatic rings. The second-order valence-corrected chi connectivity index (χ2v) is 3.92. The molecule has 1 aromatic heterocycles. The van der Waals surface area contributed by atoms with Crippen LogP contribution in [0, 0.1) is 0 Å². The minimum absolute atomic E-state index is 0.0914. The van der Waals surface area contributed by atoms with Crippen LogP contribution in [0.1, 0.15) is 24.2 Å². The van der Waals surface area contributed by atoms with Crippen LogP contribution in [0.4, 0.5) is 0 Å². The fourth-order valence-corrected chi connectivity index (χ4v) is 1.91. The fourth-order valence-electron chi connectivity index (χ4n) is 1.91. The highest BCUT2D eigenvalue weighted by molar-refractivity contribution is 5.98. The Hall–Kier alpha value is -1.90. The highest BCUT2D eigenvalue weighted by atomic mass is 16.2. The Labute approximate surface area is 101 Å². The molecule has 1 amide bonds. The molecule has 1 heterocycles. The molecule has 1 aromatic carbocycles. The van der Waals surface area contributed by atoms with E-state index in [1.165, 1.54) is 0 Å². The monoisotopic (exact) mass is 228 g/mol. The van der Waals surface area contributed by atoms with E-state index in [9.17, 15) is 4.79 Å². The van der Waals surface area contributed by atoms with Crippen molar-refractivity contribution in [3.05, 3.63) is 42.2 Å². The second kappa shape index (κ2) is 4.95. The van der Waals surface area contributed by atoms with Crippen LogP contribution in [0.2, 0.25) is 0 Å². The van der Waals surface area contributed by atoms with Gasteiger partial charge in [0.2, 0.25) is 0 Å². The van der Waals surface area contributed by atoms with Crippen molar-refractivity contribution in [2.45, 2.75) is 13.8 Å². The van der Waals surface area contributed by atoms with Crippen molar-refractivity contribution in [1.29, 1.82) is 0 Å². The van der Waals surface area contributed by atoms with Gasteiger partial charge < -0.3 is 4.90 Å². The lowest BCUT2D eigenvalue weighted by Gasteiger charge is -2.18. The second-order valence-electron chi connectivity index (χ2n) is 3.92. The van der Waals surface area contributed by atoms with Gasteiger partial charge >= 0.3 is 0 Å². The standard InChI is InChI=1S/C14H16N2O/c1-3-16(4-2)14(17)12-5-6-13-10-15-8-7-11(13)9-12/h5-10H,3-4H2,1-2H3. The van der Waals surface area contributed by atoms with Crippen LogP contribution in [-0.2, 0) is 0 Å². The van der Waals surface area contributed by atoms with Gasteiger partial charge in [-0.2, -0.15) is 0 Å². The molecule has 0 unspecified atom stereocenters. The van der Waals surface area contributed by atoms with E-state index in [2.05, 4.69) is 4.98 Å². The van der Waals surface area contributed by atoms with Crippen LogP contribution < -0.4 is 0 Å². The number of pyridine rings is 1. The zero-order valence-corrected chi connectivity index (χ0v) is 10.2. The number of benzene rings is 1. The maximum atomic E-state index is 12.2. The number of aromatic nitrogens is 1. The molecule has 0 N–H and O–H groups in total. The summed E-state index contributed by atoms with van der Waals surface area (Å²) in [4.78, 5) is 18.0. The lowest BCUT2D eigenvalue weighted by molar-refractivity contribution is 0.0773. The van der Waals surface area contributed by atoms with E-state index >= 15 is 0 Å². The lowest BCUT2D eigenvalue weighted by Crippen LogP contribution is -2.30. The molecular formula is C14H16N2O. The van der Waals surface area contributed by atoms with Crippen molar-refractivity contribution in [2.75, 3.05) is 13.1 Å². The van der Waals surface area contributed by atoms with E-state index in [0.717, 1.165) is 29.4 Å². The third-order valence-electron chi connectivity index (χ3n) is 2.94. The third kappa shape index (κ3) is 2.28. The molecule has 2 aromatic rings. The van der Waals surface area contributed by atoms with Crippen molar-refractivity contribution in [3.8, 4) is 0 Å². The van der Waals surface area contributed by atoms with Crippen LogP contribution in [0.3, 0.4) is 0 Å². The quantitative estimate of drug-likeness (QED) is 0.809. The molecule has 0 saturated heterocycles. The van der Waals surface area contributed by atoms with Gasteiger partial charge in [-0.25, -0.2) is 0 Å². The Morgan fingerprint density at radius 2 is 1.94 bits per heavy atom. The summed E-state index contributed by atoms with van der Waals surface area (Å²) in [5.74, 6) is 0.0914. The Bertz CT molecular complexity index is 532. The summed E-state index contributed by atoms with van der Waals surface area (Å²) in [5.41, 5.74) is 0.743. The lowest BCUT2D eigenvalue weighted by atomic mass is 10.1. The van der Waals surface area contributed by atoms with E-state index in [1.54, 1.807) is 12.4 Å². The summed E-state index contributed by atoms with van der Waals surface area (Å²) in [6, 6.07) is 7.66. The molecule has 3 heteroatoms. The van der Waals surface area contributed by atoms with Gasteiger partial charge in [-0.05, 0) is 37.4 Å². The van der Waals surface area contributed by atoms with Crippen LogP contribution >= 0.6 is 0 Å². The van der Waals surface area contributed by atoms with Crippen LogP contribution in [0.25, 0.3) is 10.8 Å². The molecule has 0 radical (unpaired) electrons. The van der Waals surface area contributed by atoms with Crippen LogP contribution in [0.15, 0.2) is 36.7 Å². The highest BCUT2D eigenvalue weighted by Crippen LogP contribution is 2.15. The maximum Gasteiger partial charge on any atom is 0.253 e. The normalized spacial score (nSPS) is 10.5. The molecule has 0 atom stereocenters. The first-order valence-corrected chi connectivity index (χ1v) is 5.89. The van der Waals surface area contributed by atoms with E-state index in [-0.39, 0.29) is 5.91 Å². The molecule has 0 spiro atoms. The summed E-state index contributed by atoms with van der Waals surface area (Å²) in [5, 5.41) is 2.11. The Morgan fingerprint density at radius 3 is 2.65 bits per heavy atom. The van der Waals surface area contributed by atoms with Gasteiger partial charge in [-0.15, -0.1) is 0 Å². The van der Waals surface area contributed by atoms with E-state index in [0.29, 0.717) is 0 Å². The number of rotatable bonds is 3. The van der Waals surface area contributed by atoms with Crippen molar-refractivity contribution < 1.29 is 4.79 Å². The number of hydrogen-bond acceptors (Lipinski definition) is 2. The Balaban J connectivity index is 2.39. The number of carbonyl (C=O) groups is 1. The van der Waals surface area contributed by atoms with Crippen molar-refractivity contribution >= 4 is 16.7 Å². The first-order valence-electron chi connectivity index (χ1n) is 5.89. The number of amides is 1. The van der Waals surface area contributed by atoms with Gasteiger partial charge in [0.15, 0.2) is 0 Å². The molecule has 0 fully saturated rings. The molecule has 0 bridgehead atoms. The molecule has 2 rings (SSSR count). The predicted molar refractivity (Wildman–Crippen MR) is 69.0 cm³/mol. The largest absolute Gasteiger partial charge is 0.339 e. The number of hydrogen-bond donors (Lipinski definition) is 0. The summed E-state index contributed by atoms with van der Waals surface area (Å²) in [6.45, 7) is 5.46. The van der Waals surface area contributed by atoms with E-state index in [4.69, 9.17) is 0 Å². The van der Waals surface area contributed by atoms with E-state index < -0.39 is 0 Å². The van der Waals surface area contributed by atoms with Crippen molar-refractivity contribution in [1.82, 2.24) is 9.88 Å². The molecule has 0 aliphatic heterocycles. The van der Waals surface area contributed by atoms with Gasteiger partial charge in [0, 0.05) is 36.4 Å². The molecule has 0 saturated carbocycles. The first-order chi connectivity index (χ1) is 8.26. The zero-order valence-electron chi connectivity index (χ0n) is 10.2. The van der Waals surface area contributed by atoms with Crippen LogP contribution in [-0.4, -0.2) is 28.9 Å². The molecule has 17 heavy (non-hydrogen) atoms. The van der Waals surface area contributed by atoms with Crippen molar-refractivity contribution in [3.63, 3.8) is 0 Å². The Kier molecular flexibility index (Phi) is 3.38. The summed E-state index contributed by atoms with van der Waals surface area (Å²) < 4.78 is 0. The Morgan fingerprint density at radius 1 is 1.18 bits per heavy atom. The molecule has 3 nitrogen and oxygen atoms in total. The van der Waals surface area contributed by atoms with Crippen molar-refractivity contribution in [2.24, 2.45) is 0 Å². The summed E-state index contributed by atoms with van der Waals surface area (Å²) >= 11 is 0. The topological polar surface area (TPSA) is 33.2 Å². The minimum Gasteiger partial charge on any atom is -0.339 e. The number of carbonyl (C=O) groups excluding carboxylic acids is 1. The highest BCUT2D eigenvalue weighted by Gasteiger charge is 2.12. The third-order valence-corrected chi connectivity index (χ3v) is 2.94. The maximum absolute atomic E-state index is 12.2. The van der Waals surface area contributed by atoms with Crippen LogP contribution in [0.5, 0.6) is 0 Å². The fraction of sp³-hybridized carbons (Fsp3) is 0.286. The SMILES string of the molecule is CCN(CC)C(=O)c1ccc2cnccc2c1. The molecular weight excluding hydrogens is 212 g/mol. The summed E-state index contributed by atoms with van der Waals surface area (Å²) in [6.07, 6.45) is 3.55. The van der Waals surface area contributed by atoms with Gasteiger partial charge in [0.05, 0.1) is 0 Å². The van der Waals surface area contributed by atoms with Gasteiger partial charge in [0.1, 0.15) is 0 Å². The minimum atomic E-state index is 0.0914. The predicted octanol–water partition coefficient (Wildman–Crippen LogP) is 2.72. The first kappa shape index (κ1) is 11.6. The average Bonchev–Trinajstić information content (AvgIpc) is 2.39. The van der Waals surface area contributed by atoms with Gasteiger partial charge in [-0.3, -0.25) is 9.78 Å². The van der Waals surface area contributed by atoms with Gasteiger partial charge in [-0.1, -0.05) is 6.07 Å². The van der Waals surface area contributed by atoms with E-state index in [1.807, 2.05) is 43.0 Å². The molecule has 0 aliphatic carbocycles. The smallest absolute Gasteiger partial charge is 0.253 e. The zero-order chi connectivity index (χ0) is 12.3. The summed E-state index contributed by atoms with van der Waals surface area (Å²) in [7, 11) is 0. The number of nitrogens with zero attached hydrogens (tertiary/aromatic N) is 2. The van der Waals surface area contributed by atoms with Gasteiger partial charge in [0.25, 0.3) is 5.91 Å².